The minimum atomic E-state index is -0.0148. The van der Waals surface area contributed by atoms with E-state index < -0.39 is 0 Å². The summed E-state index contributed by atoms with van der Waals surface area (Å²) in [5.74, 6) is 1.07. The van der Waals surface area contributed by atoms with Crippen molar-refractivity contribution in [1.29, 1.82) is 0 Å². The molecule has 0 atom stereocenters. The van der Waals surface area contributed by atoms with Gasteiger partial charge in [-0.3, -0.25) is 4.79 Å². The fraction of sp³-hybridized carbons (Fsp3) is 0.357. The second kappa shape index (κ2) is 8.29. The summed E-state index contributed by atoms with van der Waals surface area (Å²) in [5, 5.41) is 0. The molecule has 5 heteroatoms. The lowest BCUT2D eigenvalue weighted by molar-refractivity contribution is -0.112. The fourth-order valence-electron chi connectivity index (χ4n) is 1.32. The topological polar surface area (TPSA) is 54.0 Å². The van der Waals surface area contributed by atoms with E-state index in [1.165, 1.54) is 20.1 Å². The lowest BCUT2D eigenvalue weighted by Gasteiger charge is -2.12. The Morgan fingerprint density at radius 1 is 1.11 bits per heavy atom. The molecule has 0 aromatic heterocycles. The number of carbonyl (C=O) groups excluding carboxylic acids is 1. The minimum absolute atomic E-state index is 0.0148. The van der Waals surface area contributed by atoms with Crippen molar-refractivity contribution < 1.29 is 23.7 Å². The van der Waals surface area contributed by atoms with Crippen LogP contribution in [0.1, 0.15) is 12.5 Å². The molecule has 1 aromatic carbocycles. The third-order valence-electron chi connectivity index (χ3n) is 2.14. The van der Waals surface area contributed by atoms with Crippen LogP contribution in [0.15, 0.2) is 24.3 Å². The molecule has 0 bridgehead atoms. The van der Waals surface area contributed by atoms with Gasteiger partial charge in [-0.2, -0.15) is 0 Å². The molecular formula is C14H18O5. The van der Waals surface area contributed by atoms with Crippen molar-refractivity contribution in [1.82, 2.24) is 0 Å². The number of hydrogen-bond donors (Lipinski definition) is 0. The third-order valence-corrected chi connectivity index (χ3v) is 2.14. The van der Waals surface area contributed by atoms with Gasteiger partial charge in [0.25, 0.3) is 0 Å². The lowest BCUT2D eigenvalue weighted by atomic mass is 10.2. The lowest BCUT2D eigenvalue weighted by Crippen LogP contribution is -2.04. The number of ketones is 1. The second-order valence-corrected chi connectivity index (χ2v) is 3.75. The molecule has 0 aliphatic carbocycles. The molecule has 0 fully saturated rings. The van der Waals surface area contributed by atoms with Gasteiger partial charge < -0.3 is 18.9 Å². The first-order valence-corrected chi connectivity index (χ1v) is 5.73. The van der Waals surface area contributed by atoms with E-state index in [1.54, 1.807) is 25.3 Å². The number of carbonyl (C=O) groups is 1. The zero-order chi connectivity index (χ0) is 14.1. The predicted molar refractivity (Wildman–Crippen MR) is 71.2 cm³/mol. The van der Waals surface area contributed by atoms with Gasteiger partial charge in [0.15, 0.2) is 30.9 Å². The number of rotatable bonds is 8. The van der Waals surface area contributed by atoms with Crippen LogP contribution in [0.4, 0.5) is 0 Å². The summed E-state index contributed by atoms with van der Waals surface area (Å²) in [6.07, 6.45) is 3.20. The molecular weight excluding hydrogens is 248 g/mol. The Balaban J connectivity index is 2.89. The van der Waals surface area contributed by atoms with Crippen molar-refractivity contribution in [2.24, 2.45) is 0 Å². The summed E-state index contributed by atoms with van der Waals surface area (Å²) in [6, 6.07) is 5.34. The molecule has 0 N–H and O–H groups in total. The Hall–Kier alpha value is -1.85. The summed E-state index contributed by atoms with van der Waals surface area (Å²) in [7, 11) is 3.08. The molecule has 5 nitrogen and oxygen atoms in total. The smallest absolute Gasteiger partial charge is 0.188 e. The molecule has 104 valence electrons. The van der Waals surface area contributed by atoms with E-state index in [-0.39, 0.29) is 19.4 Å². The predicted octanol–water partition coefficient (Wildman–Crippen LogP) is 2.25. The number of methoxy groups -OCH3 is 2. The van der Waals surface area contributed by atoms with Crippen molar-refractivity contribution in [2.45, 2.75) is 6.92 Å². The van der Waals surface area contributed by atoms with Gasteiger partial charge in [0.2, 0.25) is 0 Å². The third kappa shape index (κ3) is 5.54. The van der Waals surface area contributed by atoms with E-state index in [0.29, 0.717) is 11.5 Å². The van der Waals surface area contributed by atoms with Crippen LogP contribution in [0.3, 0.4) is 0 Å². The van der Waals surface area contributed by atoms with Crippen molar-refractivity contribution in [2.75, 3.05) is 27.8 Å². The van der Waals surface area contributed by atoms with Crippen molar-refractivity contribution in [3.05, 3.63) is 29.8 Å². The van der Waals surface area contributed by atoms with Crippen LogP contribution in [0, 0.1) is 0 Å². The van der Waals surface area contributed by atoms with E-state index in [2.05, 4.69) is 0 Å². The number of ether oxygens (including phenoxy) is 4. The van der Waals surface area contributed by atoms with Crippen LogP contribution in [0.2, 0.25) is 0 Å². The Labute approximate surface area is 112 Å². The second-order valence-electron chi connectivity index (χ2n) is 3.75. The molecule has 0 unspecified atom stereocenters. The van der Waals surface area contributed by atoms with Crippen LogP contribution in [0.25, 0.3) is 6.08 Å². The minimum Gasteiger partial charge on any atom is -0.464 e. The van der Waals surface area contributed by atoms with Crippen LogP contribution < -0.4 is 9.47 Å². The first-order valence-electron chi connectivity index (χ1n) is 5.73. The van der Waals surface area contributed by atoms with Gasteiger partial charge >= 0.3 is 0 Å². The SMILES string of the molecule is COCOc1ccc(C=CC(C)=O)cc1OCOC. The largest absolute Gasteiger partial charge is 0.464 e. The zero-order valence-electron chi connectivity index (χ0n) is 11.3. The zero-order valence-corrected chi connectivity index (χ0v) is 11.3. The molecule has 1 aromatic rings. The molecule has 0 heterocycles. The van der Waals surface area contributed by atoms with Crippen molar-refractivity contribution in [3.63, 3.8) is 0 Å². The fourth-order valence-corrected chi connectivity index (χ4v) is 1.32. The highest BCUT2D eigenvalue weighted by Crippen LogP contribution is 2.29. The van der Waals surface area contributed by atoms with Gasteiger partial charge in [-0.25, -0.2) is 0 Å². The summed E-state index contributed by atoms with van der Waals surface area (Å²) in [6.45, 7) is 1.74. The molecule has 0 spiro atoms. The molecule has 0 aliphatic heterocycles. The molecule has 1 rings (SSSR count). The highest BCUT2D eigenvalue weighted by molar-refractivity contribution is 5.91. The molecule has 0 amide bonds. The van der Waals surface area contributed by atoms with Gasteiger partial charge in [-0.05, 0) is 30.7 Å². The maximum Gasteiger partial charge on any atom is 0.188 e. The molecule has 0 radical (unpaired) electrons. The highest BCUT2D eigenvalue weighted by Gasteiger charge is 2.06. The normalized spacial score (nSPS) is 10.7. The molecule has 0 saturated heterocycles. The van der Waals surface area contributed by atoms with Crippen LogP contribution in [0.5, 0.6) is 11.5 Å². The summed E-state index contributed by atoms with van der Waals surface area (Å²) >= 11 is 0. The monoisotopic (exact) mass is 266 g/mol. The van der Waals surface area contributed by atoms with Gasteiger partial charge in [-0.15, -0.1) is 0 Å². The van der Waals surface area contributed by atoms with E-state index >= 15 is 0 Å². The number of allylic oxidation sites excluding steroid dienone is 1. The summed E-state index contributed by atoms with van der Waals surface area (Å²) < 4.78 is 20.5. The Morgan fingerprint density at radius 2 is 1.74 bits per heavy atom. The first kappa shape index (κ1) is 15.2. The van der Waals surface area contributed by atoms with E-state index in [1.807, 2.05) is 6.07 Å². The first-order chi connectivity index (χ1) is 9.17. The Morgan fingerprint density at radius 3 is 2.32 bits per heavy atom. The number of benzene rings is 1. The van der Waals surface area contributed by atoms with Crippen LogP contribution >= 0.6 is 0 Å². The quantitative estimate of drug-likeness (QED) is 0.533. The number of hydrogen-bond acceptors (Lipinski definition) is 5. The Bertz CT molecular complexity index is 439. The maximum atomic E-state index is 10.9. The van der Waals surface area contributed by atoms with Gasteiger partial charge in [0.1, 0.15) is 0 Å². The summed E-state index contributed by atoms with van der Waals surface area (Å²) in [5.41, 5.74) is 0.839. The highest BCUT2D eigenvalue weighted by atomic mass is 16.7. The van der Waals surface area contributed by atoms with Crippen molar-refractivity contribution in [3.8, 4) is 11.5 Å². The average molecular weight is 266 g/mol. The molecule has 0 saturated carbocycles. The van der Waals surface area contributed by atoms with Gasteiger partial charge in [-0.1, -0.05) is 12.1 Å². The standard InChI is InChI=1S/C14H18O5/c1-11(15)4-5-12-6-7-13(18-9-16-2)14(8-12)19-10-17-3/h4-8H,9-10H2,1-3H3. The average Bonchev–Trinajstić information content (AvgIpc) is 2.41. The molecule has 19 heavy (non-hydrogen) atoms. The molecule has 0 aliphatic rings. The van der Waals surface area contributed by atoms with E-state index in [9.17, 15) is 4.79 Å². The maximum absolute atomic E-state index is 10.9. The van der Waals surface area contributed by atoms with Crippen LogP contribution in [-0.2, 0) is 14.3 Å². The summed E-state index contributed by atoms with van der Waals surface area (Å²) in [4.78, 5) is 10.9. The van der Waals surface area contributed by atoms with Crippen molar-refractivity contribution >= 4 is 11.9 Å². The van der Waals surface area contributed by atoms with Gasteiger partial charge in [0.05, 0.1) is 0 Å². The van der Waals surface area contributed by atoms with E-state index in [0.717, 1.165) is 5.56 Å². The Kier molecular flexibility index (Phi) is 6.63. The van der Waals surface area contributed by atoms with E-state index in [4.69, 9.17) is 18.9 Å². The van der Waals surface area contributed by atoms with Gasteiger partial charge in [0, 0.05) is 14.2 Å². The van der Waals surface area contributed by atoms with Crippen LogP contribution in [-0.4, -0.2) is 33.6 Å².